The molecule has 0 radical (unpaired) electrons. The number of rotatable bonds is 4. The average molecular weight is 220 g/mol. The van der Waals surface area contributed by atoms with E-state index in [0.717, 1.165) is 23.5 Å². The van der Waals surface area contributed by atoms with Gasteiger partial charge in [-0.05, 0) is 13.3 Å². The van der Waals surface area contributed by atoms with Gasteiger partial charge in [-0.2, -0.15) is 0 Å². The summed E-state index contributed by atoms with van der Waals surface area (Å²) in [5, 5.41) is 1.72. The minimum atomic E-state index is -3.34. The van der Waals surface area contributed by atoms with Gasteiger partial charge in [0, 0.05) is 17.6 Å². The SMILES string of the molecule is CCCNS(=O)(=O)c1nc(C)cs1. The Bertz CT molecular complexity index is 370. The van der Waals surface area contributed by atoms with Gasteiger partial charge < -0.3 is 0 Å². The van der Waals surface area contributed by atoms with Crippen molar-refractivity contribution in [1.29, 1.82) is 0 Å². The summed E-state index contributed by atoms with van der Waals surface area (Å²) in [4.78, 5) is 3.90. The fourth-order valence-corrected chi connectivity index (χ4v) is 2.96. The highest BCUT2D eigenvalue weighted by molar-refractivity contribution is 7.91. The molecule has 6 heteroatoms. The van der Waals surface area contributed by atoms with Gasteiger partial charge >= 0.3 is 0 Å². The van der Waals surface area contributed by atoms with Crippen LogP contribution in [0.25, 0.3) is 0 Å². The van der Waals surface area contributed by atoms with E-state index in [0.29, 0.717) is 6.54 Å². The lowest BCUT2D eigenvalue weighted by Crippen LogP contribution is -2.24. The van der Waals surface area contributed by atoms with Gasteiger partial charge in [-0.1, -0.05) is 6.92 Å². The highest BCUT2D eigenvalue weighted by Crippen LogP contribution is 2.14. The van der Waals surface area contributed by atoms with Crippen molar-refractivity contribution in [3.63, 3.8) is 0 Å². The van der Waals surface area contributed by atoms with Crippen molar-refractivity contribution in [3.05, 3.63) is 11.1 Å². The first kappa shape index (κ1) is 10.6. The van der Waals surface area contributed by atoms with Gasteiger partial charge in [0.1, 0.15) is 0 Å². The second kappa shape index (κ2) is 4.17. The minimum absolute atomic E-state index is 0.151. The van der Waals surface area contributed by atoms with E-state index < -0.39 is 10.0 Å². The number of nitrogens with one attached hydrogen (secondary N) is 1. The number of hydrogen-bond acceptors (Lipinski definition) is 4. The Morgan fingerprint density at radius 2 is 2.31 bits per heavy atom. The summed E-state index contributed by atoms with van der Waals surface area (Å²) >= 11 is 1.15. The molecule has 0 saturated heterocycles. The van der Waals surface area contributed by atoms with Crippen LogP contribution in [0.15, 0.2) is 9.72 Å². The van der Waals surface area contributed by atoms with Crippen LogP contribution in [0.4, 0.5) is 0 Å². The number of sulfonamides is 1. The Hall–Kier alpha value is -0.460. The van der Waals surface area contributed by atoms with Gasteiger partial charge in [-0.3, -0.25) is 0 Å². The monoisotopic (exact) mass is 220 g/mol. The van der Waals surface area contributed by atoms with E-state index in [9.17, 15) is 8.42 Å². The molecule has 0 aromatic carbocycles. The average Bonchev–Trinajstić information content (AvgIpc) is 2.49. The van der Waals surface area contributed by atoms with Crippen LogP contribution in [0.1, 0.15) is 19.0 Å². The molecular weight excluding hydrogens is 208 g/mol. The fraction of sp³-hybridized carbons (Fsp3) is 0.571. The Kier molecular flexibility index (Phi) is 3.40. The standard InChI is InChI=1S/C7H12N2O2S2/c1-3-4-8-13(10,11)7-9-6(2)5-12-7/h5,8H,3-4H2,1-2H3. The first-order valence-electron chi connectivity index (χ1n) is 3.98. The molecule has 0 aliphatic rings. The molecule has 1 aromatic heterocycles. The van der Waals surface area contributed by atoms with Crippen LogP contribution in [0.5, 0.6) is 0 Å². The van der Waals surface area contributed by atoms with E-state index in [-0.39, 0.29) is 4.34 Å². The fourth-order valence-electron chi connectivity index (χ4n) is 0.754. The van der Waals surface area contributed by atoms with E-state index in [2.05, 4.69) is 9.71 Å². The first-order valence-corrected chi connectivity index (χ1v) is 6.34. The summed E-state index contributed by atoms with van der Waals surface area (Å²) in [7, 11) is -3.34. The van der Waals surface area contributed by atoms with Crippen LogP contribution in [0.2, 0.25) is 0 Å². The van der Waals surface area contributed by atoms with Crippen molar-refractivity contribution >= 4 is 21.4 Å². The summed E-state index contributed by atoms with van der Waals surface area (Å²) in [5.41, 5.74) is 0.738. The zero-order valence-electron chi connectivity index (χ0n) is 7.57. The molecule has 0 spiro atoms. The number of aromatic nitrogens is 1. The summed E-state index contributed by atoms with van der Waals surface area (Å²) < 4.78 is 25.5. The van der Waals surface area contributed by atoms with Crippen molar-refractivity contribution in [3.8, 4) is 0 Å². The molecule has 1 rings (SSSR count). The lowest BCUT2D eigenvalue weighted by atomic mass is 10.5. The Balaban J connectivity index is 2.82. The Labute approximate surface area is 82.1 Å². The molecule has 0 aliphatic carbocycles. The van der Waals surface area contributed by atoms with Crippen LogP contribution in [-0.4, -0.2) is 19.9 Å². The Morgan fingerprint density at radius 1 is 1.62 bits per heavy atom. The van der Waals surface area contributed by atoms with Gasteiger partial charge in [-0.25, -0.2) is 18.1 Å². The predicted molar refractivity (Wildman–Crippen MR) is 52.3 cm³/mol. The largest absolute Gasteiger partial charge is 0.267 e. The van der Waals surface area contributed by atoms with Crippen LogP contribution >= 0.6 is 11.3 Å². The van der Waals surface area contributed by atoms with E-state index in [1.807, 2.05) is 6.92 Å². The zero-order chi connectivity index (χ0) is 9.90. The summed E-state index contributed by atoms with van der Waals surface area (Å²) in [6.45, 7) is 4.14. The number of thiazole rings is 1. The second-order valence-electron chi connectivity index (χ2n) is 2.65. The highest BCUT2D eigenvalue weighted by atomic mass is 32.2. The molecule has 0 unspecified atom stereocenters. The molecule has 0 atom stereocenters. The first-order chi connectivity index (χ1) is 6.06. The quantitative estimate of drug-likeness (QED) is 0.827. The van der Waals surface area contributed by atoms with E-state index in [4.69, 9.17) is 0 Å². The van der Waals surface area contributed by atoms with Crippen LogP contribution < -0.4 is 4.72 Å². The second-order valence-corrected chi connectivity index (χ2v) is 5.45. The summed E-state index contributed by atoms with van der Waals surface area (Å²) in [5.74, 6) is 0. The zero-order valence-corrected chi connectivity index (χ0v) is 9.20. The molecule has 0 fully saturated rings. The maximum atomic E-state index is 11.4. The van der Waals surface area contributed by atoms with E-state index in [1.165, 1.54) is 0 Å². The Morgan fingerprint density at radius 3 is 2.77 bits per heavy atom. The van der Waals surface area contributed by atoms with E-state index in [1.54, 1.807) is 12.3 Å². The summed E-state index contributed by atoms with van der Waals surface area (Å²) in [6.07, 6.45) is 0.781. The molecule has 4 nitrogen and oxygen atoms in total. The molecule has 1 N–H and O–H groups in total. The topological polar surface area (TPSA) is 59.1 Å². The van der Waals surface area contributed by atoms with Crippen LogP contribution in [0, 0.1) is 6.92 Å². The van der Waals surface area contributed by atoms with Crippen molar-refractivity contribution in [2.45, 2.75) is 24.6 Å². The van der Waals surface area contributed by atoms with Gasteiger partial charge in [-0.15, -0.1) is 11.3 Å². The molecule has 0 amide bonds. The predicted octanol–water partition coefficient (Wildman–Crippen LogP) is 1.14. The van der Waals surface area contributed by atoms with Crippen molar-refractivity contribution in [2.75, 3.05) is 6.54 Å². The van der Waals surface area contributed by atoms with Gasteiger partial charge in [0.05, 0.1) is 0 Å². The third-order valence-electron chi connectivity index (χ3n) is 1.37. The van der Waals surface area contributed by atoms with Gasteiger partial charge in [0.2, 0.25) is 4.34 Å². The third kappa shape index (κ3) is 2.75. The highest BCUT2D eigenvalue weighted by Gasteiger charge is 2.16. The molecule has 0 saturated carbocycles. The molecule has 13 heavy (non-hydrogen) atoms. The van der Waals surface area contributed by atoms with E-state index >= 15 is 0 Å². The molecule has 1 aromatic rings. The number of hydrogen-bond donors (Lipinski definition) is 1. The van der Waals surface area contributed by atoms with Crippen molar-refractivity contribution in [2.24, 2.45) is 0 Å². The molecule has 74 valence electrons. The minimum Gasteiger partial charge on any atom is -0.229 e. The number of nitrogens with zero attached hydrogens (tertiary/aromatic N) is 1. The smallest absolute Gasteiger partial charge is 0.229 e. The number of aryl methyl sites for hydroxylation is 1. The van der Waals surface area contributed by atoms with Crippen LogP contribution in [-0.2, 0) is 10.0 Å². The van der Waals surface area contributed by atoms with Crippen molar-refractivity contribution in [1.82, 2.24) is 9.71 Å². The molecular formula is C7H12N2O2S2. The maximum absolute atomic E-state index is 11.4. The molecule has 1 heterocycles. The van der Waals surface area contributed by atoms with Crippen LogP contribution in [0.3, 0.4) is 0 Å². The normalized spacial score (nSPS) is 11.8. The third-order valence-corrected chi connectivity index (χ3v) is 4.20. The molecule has 0 bridgehead atoms. The maximum Gasteiger partial charge on any atom is 0.267 e. The molecule has 0 aliphatic heterocycles. The van der Waals surface area contributed by atoms with Gasteiger partial charge in [0.25, 0.3) is 10.0 Å². The van der Waals surface area contributed by atoms with Gasteiger partial charge in [0.15, 0.2) is 0 Å². The lowest BCUT2D eigenvalue weighted by Gasteiger charge is -2.00. The van der Waals surface area contributed by atoms with Crippen molar-refractivity contribution < 1.29 is 8.42 Å². The lowest BCUT2D eigenvalue weighted by molar-refractivity contribution is 0.580. The summed E-state index contributed by atoms with van der Waals surface area (Å²) in [6, 6.07) is 0.